The molecule has 0 radical (unpaired) electrons. The summed E-state index contributed by atoms with van der Waals surface area (Å²) in [6.07, 6.45) is 16.6. The lowest BCUT2D eigenvalue weighted by Crippen LogP contribution is -2.14. The molecule has 3 N–H and O–H groups in total. The third-order valence-electron chi connectivity index (χ3n) is 5.76. The summed E-state index contributed by atoms with van der Waals surface area (Å²) in [6, 6.07) is 4.48. The van der Waals surface area contributed by atoms with E-state index in [1.165, 1.54) is 63.5 Å². The Bertz CT molecular complexity index is 668. The summed E-state index contributed by atoms with van der Waals surface area (Å²) in [5, 5.41) is 15.0. The van der Waals surface area contributed by atoms with Crippen LogP contribution in [0.2, 0.25) is 0 Å². The summed E-state index contributed by atoms with van der Waals surface area (Å²) in [7, 11) is 0. The number of rotatable bonds is 19. The van der Waals surface area contributed by atoms with Crippen LogP contribution < -0.4 is 10.6 Å². The quantitative estimate of drug-likeness (QED) is 0.186. The Morgan fingerprint density at radius 1 is 0.606 bits per heavy atom. The molecule has 0 unspecified atom stereocenters. The van der Waals surface area contributed by atoms with E-state index >= 15 is 0 Å². The van der Waals surface area contributed by atoms with Crippen molar-refractivity contribution < 1.29 is 19.5 Å². The number of benzene rings is 1. The number of carboxylic acid groups (broad SMARTS) is 1. The second-order valence-electron chi connectivity index (χ2n) is 8.94. The third kappa shape index (κ3) is 14.4. The van der Waals surface area contributed by atoms with Gasteiger partial charge in [0.15, 0.2) is 0 Å². The average Bonchev–Trinajstić information content (AvgIpc) is 2.77. The van der Waals surface area contributed by atoms with Crippen LogP contribution in [0, 0.1) is 0 Å². The molecular weight excluding hydrogens is 416 g/mol. The average molecular weight is 461 g/mol. The molecule has 0 aromatic heterocycles. The SMILES string of the molecule is CCCCCCCCCC(=O)Nc1cc(NC(=O)CCCCCCCCC)cc(C(=O)O)c1. The van der Waals surface area contributed by atoms with Gasteiger partial charge in [0.2, 0.25) is 11.8 Å². The van der Waals surface area contributed by atoms with Crippen LogP contribution in [-0.4, -0.2) is 22.9 Å². The summed E-state index contributed by atoms with van der Waals surface area (Å²) in [4.78, 5) is 36.1. The summed E-state index contributed by atoms with van der Waals surface area (Å²) < 4.78 is 0. The molecule has 186 valence electrons. The molecule has 0 saturated carbocycles. The van der Waals surface area contributed by atoms with E-state index in [4.69, 9.17) is 0 Å². The molecule has 1 aromatic carbocycles. The molecule has 6 heteroatoms. The Hall–Kier alpha value is -2.37. The zero-order chi connectivity index (χ0) is 24.3. The van der Waals surface area contributed by atoms with Gasteiger partial charge < -0.3 is 15.7 Å². The maximum absolute atomic E-state index is 12.3. The summed E-state index contributed by atoms with van der Waals surface area (Å²) in [5.74, 6) is -1.36. The van der Waals surface area contributed by atoms with Crippen molar-refractivity contribution in [1.29, 1.82) is 0 Å². The van der Waals surface area contributed by atoms with Crippen molar-refractivity contribution in [3.05, 3.63) is 23.8 Å². The lowest BCUT2D eigenvalue weighted by atomic mass is 10.1. The molecule has 0 fully saturated rings. The maximum Gasteiger partial charge on any atom is 0.335 e. The lowest BCUT2D eigenvalue weighted by molar-refractivity contribution is -0.117. The standard InChI is InChI=1S/C27H44N2O4/c1-3-5-7-9-11-13-15-17-25(30)28-23-19-22(27(32)33)20-24(21-23)29-26(31)18-16-14-12-10-8-6-4-2/h19-21H,3-18H2,1-2H3,(H,28,30)(H,29,31)(H,32,33). The number of carbonyl (C=O) groups is 3. The first-order chi connectivity index (χ1) is 16.0. The van der Waals surface area contributed by atoms with E-state index in [0.717, 1.165) is 38.5 Å². The van der Waals surface area contributed by atoms with Crippen LogP contribution >= 0.6 is 0 Å². The maximum atomic E-state index is 12.3. The first kappa shape index (κ1) is 28.7. The molecule has 0 aliphatic carbocycles. The van der Waals surface area contributed by atoms with Gasteiger partial charge in [-0.2, -0.15) is 0 Å². The summed E-state index contributed by atoms with van der Waals surface area (Å²) in [5.41, 5.74) is 0.832. The summed E-state index contributed by atoms with van der Waals surface area (Å²) in [6.45, 7) is 4.38. The van der Waals surface area contributed by atoms with E-state index in [9.17, 15) is 19.5 Å². The minimum atomic E-state index is -1.10. The fraction of sp³-hybridized carbons (Fsp3) is 0.667. The monoisotopic (exact) mass is 460 g/mol. The molecule has 6 nitrogen and oxygen atoms in total. The molecule has 0 atom stereocenters. The second-order valence-corrected chi connectivity index (χ2v) is 8.94. The van der Waals surface area contributed by atoms with Gasteiger partial charge in [-0.15, -0.1) is 0 Å². The number of carbonyl (C=O) groups excluding carboxylic acids is 2. The molecule has 1 rings (SSSR count). The van der Waals surface area contributed by atoms with Gasteiger partial charge in [-0.3, -0.25) is 9.59 Å². The van der Waals surface area contributed by atoms with E-state index in [1.54, 1.807) is 6.07 Å². The molecule has 33 heavy (non-hydrogen) atoms. The Kier molecular flexibility index (Phi) is 15.7. The Balaban J connectivity index is 2.47. The minimum absolute atomic E-state index is 0.0370. The number of aromatic carboxylic acids is 1. The van der Waals surface area contributed by atoms with Gasteiger partial charge in [0.05, 0.1) is 5.56 Å². The second kappa shape index (κ2) is 18.1. The normalized spacial score (nSPS) is 10.7. The number of nitrogens with one attached hydrogen (secondary N) is 2. The number of carboxylic acids is 1. The van der Waals surface area contributed by atoms with Gasteiger partial charge in [-0.05, 0) is 31.0 Å². The minimum Gasteiger partial charge on any atom is -0.478 e. The van der Waals surface area contributed by atoms with Crippen LogP contribution in [-0.2, 0) is 9.59 Å². The fourth-order valence-electron chi connectivity index (χ4n) is 3.83. The Morgan fingerprint density at radius 3 is 1.33 bits per heavy atom. The molecule has 0 aliphatic heterocycles. The number of amides is 2. The van der Waals surface area contributed by atoms with Crippen molar-refractivity contribution in [2.75, 3.05) is 10.6 Å². The molecule has 0 saturated heterocycles. The van der Waals surface area contributed by atoms with Gasteiger partial charge >= 0.3 is 5.97 Å². The van der Waals surface area contributed by atoms with Crippen LogP contribution in [0.3, 0.4) is 0 Å². The van der Waals surface area contributed by atoms with E-state index < -0.39 is 5.97 Å². The largest absolute Gasteiger partial charge is 0.478 e. The van der Waals surface area contributed by atoms with Gasteiger partial charge in [0.1, 0.15) is 0 Å². The first-order valence-corrected chi connectivity index (χ1v) is 12.9. The fourth-order valence-corrected chi connectivity index (χ4v) is 3.83. The van der Waals surface area contributed by atoms with E-state index in [1.807, 2.05) is 0 Å². The molecule has 1 aromatic rings. The molecule has 2 amide bonds. The number of unbranched alkanes of at least 4 members (excludes halogenated alkanes) is 12. The van der Waals surface area contributed by atoms with E-state index in [0.29, 0.717) is 24.2 Å². The Morgan fingerprint density at radius 2 is 0.970 bits per heavy atom. The van der Waals surface area contributed by atoms with Crippen molar-refractivity contribution >= 4 is 29.2 Å². The van der Waals surface area contributed by atoms with Gasteiger partial charge in [-0.1, -0.05) is 90.9 Å². The molecule has 0 heterocycles. The van der Waals surface area contributed by atoms with Gasteiger partial charge in [-0.25, -0.2) is 4.79 Å². The molecule has 0 bridgehead atoms. The van der Waals surface area contributed by atoms with Crippen LogP contribution in [0.4, 0.5) is 11.4 Å². The highest BCUT2D eigenvalue weighted by atomic mass is 16.4. The molecule has 0 spiro atoms. The van der Waals surface area contributed by atoms with Crippen molar-refractivity contribution in [2.45, 2.75) is 117 Å². The molecule has 0 aliphatic rings. The van der Waals surface area contributed by atoms with Crippen LogP contribution in [0.1, 0.15) is 127 Å². The highest BCUT2D eigenvalue weighted by molar-refractivity contribution is 5.98. The van der Waals surface area contributed by atoms with Crippen molar-refractivity contribution in [2.24, 2.45) is 0 Å². The van der Waals surface area contributed by atoms with Gasteiger partial charge in [0.25, 0.3) is 0 Å². The Labute approximate surface area is 199 Å². The van der Waals surface area contributed by atoms with Crippen LogP contribution in [0.15, 0.2) is 18.2 Å². The van der Waals surface area contributed by atoms with Crippen molar-refractivity contribution in [3.63, 3.8) is 0 Å². The van der Waals surface area contributed by atoms with Gasteiger partial charge in [0, 0.05) is 24.2 Å². The zero-order valence-electron chi connectivity index (χ0n) is 20.7. The molecular formula is C27H44N2O4. The van der Waals surface area contributed by atoms with Crippen LogP contribution in [0.5, 0.6) is 0 Å². The van der Waals surface area contributed by atoms with E-state index in [-0.39, 0.29) is 17.4 Å². The number of hydrogen-bond donors (Lipinski definition) is 3. The predicted molar refractivity (Wildman–Crippen MR) is 136 cm³/mol. The topological polar surface area (TPSA) is 95.5 Å². The smallest absolute Gasteiger partial charge is 0.335 e. The third-order valence-corrected chi connectivity index (χ3v) is 5.76. The predicted octanol–water partition coefficient (Wildman–Crippen LogP) is 7.54. The van der Waals surface area contributed by atoms with Crippen molar-refractivity contribution in [1.82, 2.24) is 0 Å². The van der Waals surface area contributed by atoms with Crippen LogP contribution in [0.25, 0.3) is 0 Å². The zero-order valence-corrected chi connectivity index (χ0v) is 20.7. The van der Waals surface area contributed by atoms with E-state index in [2.05, 4.69) is 24.5 Å². The number of hydrogen-bond acceptors (Lipinski definition) is 3. The highest BCUT2D eigenvalue weighted by Crippen LogP contribution is 2.21. The van der Waals surface area contributed by atoms with Crippen molar-refractivity contribution in [3.8, 4) is 0 Å². The number of anilines is 2. The lowest BCUT2D eigenvalue weighted by Gasteiger charge is -2.11. The summed E-state index contributed by atoms with van der Waals surface area (Å²) >= 11 is 0. The highest BCUT2D eigenvalue weighted by Gasteiger charge is 2.11. The first-order valence-electron chi connectivity index (χ1n) is 12.9.